The van der Waals surface area contributed by atoms with Gasteiger partial charge in [-0.15, -0.1) is 0 Å². The molecule has 3 heteroatoms. The lowest BCUT2D eigenvalue weighted by Gasteiger charge is -2.06. The monoisotopic (exact) mass is 219 g/mol. The lowest BCUT2D eigenvalue weighted by atomic mass is 10.1. The van der Waals surface area contributed by atoms with E-state index in [4.69, 9.17) is 0 Å². The Kier molecular flexibility index (Phi) is 1.56. The van der Waals surface area contributed by atoms with Crippen LogP contribution in [0, 0.1) is 0 Å². The van der Waals surface area contributed by atoms with Crippen LogP contribution in [0.1, 0.15) is 0 Å². The summed E-state index contributed by atoms with van der Waals surface area (Å²) in [6.45, 7) is 0. The first-order chi connectivity index (χ1) is 8.45. The molecule has 0 aliphatic rings. The molecule has 1 aromatic carbocycles. The molecule has 0 N–H and O–H groups in total. The van der Waals surface area contributed by atoms with Gasteiger partial charge in [0.1, 0.15) is 5.52 Å². The zero-order chi connectivity index (χ0) is 11.2. The Bertz CT molecular complexity index is 776. The maximum Gasteiger partial charge on any atom is 0.163 e. The zero-order valence-corrected chi connectivity index (χ0v) is 9.04. The van der Waals surface area contributed by atoms with Crippen molar-refractivity contribution in [2.24, 2.45) is 0 Å². The van der Waals surface area contributed by atoms with Crippen molar-refractivity contribution in [3.05, 3.63) is 55.0 Å². The third kappa shape index (κ3) is 1.05. The Balaban J connectivity index is 2.48. The molecule has 0 aliphatic carbocycles. The molecular formula is C14H9N3. The molecule has 0 aliphatic heterocycles. The summed E-state index contributed by atoms with van der Waals surface area (Å²) in [6.07, 6.45) is 5.60. The fourth-order valence-electron chi connectivity index (χ4n) is 2.39. The molecule has 3 aromatic heterocycles. The molecule has 17 heavy (non-hydrogen) atoms. The number of benzene rings is 1. The number of imidazole rings is 1. The highest BCUT2D eigenvalue weighted by atomic mass is 15.0. The van der Waals surface area contributed by atoms with E-state index in [9.17, 15) is 0 Å². The third-order valence-corrected chi connectivity index (χ3v) is 3.11. The van der Waals surface area contributed by atoms with Crippen LogP contribution in [0.15, 0.2) is 55.0 Å². The molecule has 80 valence electrons. The first-order valence-electron chi connectivity index (χ1n) is 5.54. The molecule has 3 heterocycles. The summed E-state index contributed by atoms with van der Waals surface area (Å²) < 4.78 is 2.09. The summed E-state index contributed by atoms with van der Waals surface area (Å²) in [6, 6.07) is 12.4. The minimum absolute atomic E-state index is 0.916. The second-order valence-corrected chi connectivity index (χ2v) is 4.04. The number of hydrogen-bond donors (Lipinski definition) is 0. The molecule has 0 saturated heterocycles. The van der Waals surface area contributed by atoms with Crippen LogP contribution < -0.4 is 0 Å². The molecule has 0 unspecified atom stereocenters. The minimum atomic E-state index is 0.916. The van der Waals surface area contributed by atoms with Gasteiger partial charge in [-0.3, -0.25) is 9.38 Å². The average Bonchev–Trinajstić information content (AvgIpc) is 2.89. The highest BCUT2D eigenvalue weighted by Crippen LogP contribution is 2.26. The van der Waals surface area contributed by atoms with Gasteiger partial charge >= 0.3 is 0 Å². The number of aromatic nitrogens is 3. The molecule has 0 amide bonds. The molecule has 4 rings (SSSR count). The van der Waals surface area contributed by atoms with Gasteiger partial charge in [0.2, 0.25) is 0 Å². The highest BCUT2D eigenvalue weighted by molar-refractivity contribution is 6.09. The molecule has 3 nitrogen and oxygen atoms in total. The predicted octanol–water partition coefficient (Wildman–Crippen LogP) is 3.04. The number of nitrogens with zero attached hydrogens (tertiary/aromatic N) is 3. The number of fused-ring (bicyclic) bond motifs is 6. The molecule has 4 aromatic rings. The molecule has 0 fully saturated rings. The third-order valence-electron chi connectivity index (χ3n) is 3.11. The maximum absolute atomic E-state index is 4.45. The predicted molar refractivity (Wildman–Crippen MR) is 68.0 cm³/mol. The fourth-order valence-corrected chi connectivity index (χ4v) is 2.39. The summed E-state index contributed by atoms with van der Waals surface area (Å²) in [7, 11) is 0. The van der Waals surface area contributed by atoms with Crippen LogP contribution in [0.2, 0.25) is 0 Å². The Hall–Kier alpha value is -2.42. The van der Waals surface area contributed by atoms with Crippen molar-refractivity contribution in [2.75, 3.05) is 0 Å². The van der Waals surface area contributed by atoms with E-state index in [0.29, 0.717) is 0 Å². The van der Waals surface area contributed by atoms with Crippen molar-refractivity contribution < 1.29 is 0 Å². The summed E-state index contributed by atoms with van der Waals surface area (Å²) in [4.78, 5) is 8.85. The van der Waals surface area contributed by atoms with Crippen molar-refractivity contribution in [3.63, 3.8) is 0 Å². The van der Waals surface area contributed by atoms with Gasteiger partial charge in [-0.25, -0.2) is 4.98 Å². The van der Waals surface area contributed by atoms with Crippen molar-refractivity contribution in [1.29, 1.82) is 0 Å². The van der Waals surface area contributed by atoms with Gasteiger partial charge in [0.05, 0.1) is 5.52 Å². The minimum Gasteiger partial charge on any atom is -0.298 e. The van der Waals surface area contributed by atoms with Crippen LogP contribution in [0.4, 0.5) is 0 Å². The van der Waals surface area contributed by atoms with E-state index in [-0.39, 0.29) is 0 Å². The summed E-state index contributed by atoms with van der Waals surface area (Å²) in [5.41, 5.74) is 3.04. The van der Waals surface area contributed by atoms with E-state index >= 15 is 0 Å². The van der Waals surface area contributed by atoms with E-state index in [1.807, 2.05) is 30.7 Å². The van der Waals surface area contributed by atoms with E-state index in [0.717, 1.165) is 16.6 Å². The van der Waals surface area contributed by atoms with Crippen LogP contribution in [0.25, 0.3) is 27.5 Å². The van der Waals surface area contributed by atoms with Crippen LogP contribution in [-0.2, 0) is 0 Å². The lowest BCUT2D eigenvalue weighted by molar-refractivity contribution is 1.25. The Morgan fingerprint density at radius 2 is 1.71 bits per heavy atom. The summed E-state index contributed by atoms with van der Waals surface area (Å²) in [5, 5.41) is 2.36. The second-order valence-electron chi connectivity index (χ2n) is 4.04. The van der Waals surface area contributed by atoms with Gasteiger partial charge in [0.15, 0.2) is 5.65 Å². The topological polar surface area (TPSA) is 30.2 Å². The van der Waals surface area contributed by atoms with Gasteiger partial charge < -0.3 is 0 Å². The SMILES string of the molecule is c1cnc2c(c1)c1ccccc1n1ccnc21. The fraction of sp³-hybridized carbons (Fsp3) is 0. The van der Waals surface area contributed by atoms with Gasteiger partial charge in [-0.05, 0) is 12.1 Å². The van der Waals surface area contributed by atoms with Gasteiger partial charge in [-0.1, -0.05) is 24.3 Å². The van der Waals surface area contributed by atoms with E-state index < -0.39 is 0 Å². The van der Waals surface area contributed by atoms with E-state index in [1.54, 1.807) is 0 Å². The number of rotatable bonds is 0. The van der Waals surface area contributed by atoms with Crippen LogP contribution in [-0.4, -0.2) is 14.4 Å². The summed E-state index contributed by atoms with van der Waals surface area (Å²) in [5.74, 6) is 0. The van der Waals surface area contributed by atoms with Crippen molar-refractivity contribution in [2.45, 2.75) is 0 Å². The number of para-hydroxylation sites is 1. The van der Waals surface area contributed by atoms with Crippen LogP contribution in [0.5, 0.6) is 0 Å². The normalized spacial score (nSPS) is 11.5. The largest absolute Gasteiger partial charge is 0.298 e. The van der Waals surface area contributed by atoms with Crippen LogP contribution >= 0.6 is 0 Å². The number of pyridine rings is 2. The molecular weight excluding hydrogens is 210 g/mol. The highest BCUT2D eigenvalue weighted by Gasteiger charge is 2.08. The first-order valence-corrected chi connectivity index (χ1v) is 5.54. The average molecular weight is 219 g/mol. The second kappa shape index (κ2) is 3.04. The van der Waals surface area contributed by atoms with Crippen LogP contribution in [0.3, 0.4) is 0 Å². The molecule has 0 radical (unpaired) electrons. The first kappa shape index (κ1) is 8.70. The lowest BCUT2D eigenvalue weighted by Crippen LogP contribution is -1.91. The smallest absolute Gasteiger partial charge is 0.163 e. The molecule has 0 saturated carbocycles. The van der Waals surface area contributed by atoms with E-state index in [1.165, 1.54) is 10.9 Å². The van der Waals surface area contributed by atoms with Gasteiger partial charge in [0, 0.05) is 29.4 Å². The standard InChI is InChI=1S/C14H9N3/c1-2-6-12-10(4-1)11-5-3-7-15-13(11)14-16-8-9-17(12)14/h1-9H. The Morgan fingerprint density at radius 3 is 2.71 bits per heavy atom. The van der Waals surface area contributed by atoms with E-state index in [2.05, 4.69) is 38.6 Å². The van der Waals surface area contributed by atoms with Gasteiger partial charge in [0.25, 0.3) is 0 Å². The van der Waals surface area contributed by atoms with Crippen molar-refractivity contribution in [1.82, 2.24) is 14.4 Å². The Morgan fingerprint density at radius 1 is 0.824 bits per heavy atom. The number of hydrogen-bond acceptors (Lipinski definition) is 2. The maximum atomic E-state index is 4.45. The molecule has 0 spiro atoms. The summed E-state index contributed by atoms with van der Waals surface area (Å²) >= 11 is 0. The molecule has 0 atom stereocenters. The molecule has 0 bridgehead atoms. The van der Waals surface area contributed by atoms with Crippen molar-refractivity contribution in [3.8, 4) is 0 Å². The zero-order valence-electron chi connectivity index (χ0n) is 9.04. The quantitative estimate of drug-likeness (QED) is 0.425. The van der Waals surface area contributed by atoms with Gasteiger partial charge in [-0.2, -0.15) is 0 Å². The Labute approximate surface area is 97.4 Å². The van der Waals surface area contributed by atoms with Crippen molar-refractivity contribution >= 4 is 27.5 Å².